The van der Waals surface area contributed by atoms with E-state index in [1.807, 2.05) is 33.2 Å². The molecule has 0 radical (unpaired) electrons. The van der Waals surface area contributed by atoms with Gasteiger partial charge >= 0.3 is 6.09 Å². The van der Waals surface area contributed by atoms with Crippen molar-refractivity contribution in [2.45, 2.75) is 109 Å². The minimum atomic E-state index is -0.436. The predicted octanol–water partition coefficient (Wildman–Crippen LogP) is 7.98. The number of nitrogens with two attached hydrogens (primary N) is 1. The lowest BCUT2D eigenvalue weighted by molar-refractivity contribution is 0.0491. The average molecular weight is 639 g/mol. The number of alkyl carbamates (subject to hydrolysis) is 1. The molecule has 34 heavy (non-hydrogen) atoms. The third kappa shape index (κ3) is 9.84. The Bertz CT molecular complexity index is 884. The second-order valence-electron chi connectivity index (χ2n) is 9.81. The Morgan fingerprint density at radius 1 is 0.941 bits per heavy atom. The topological polar surface area (TPSA) is 90.1 Å². The van der Waals surface area contributed by atoms with E-state index in [4.69, 9.17) is 10.5 Å². The number of hydrogen-bond donors (Lipinski definition) is 2. The molecule has 0 aliphatic heterocycles. The van der Waals surface area contributed by atoms with Gasteiger partial charge < -0.3 is 15.8 Å². The molecule has 192 valence electrons. The molecule has 4 rings (SSSR count). The summed E-state index contributed by atoms with van der Waals surface area (Å²) in [5, 5.41) is 5.44. The first kappa shape index (κ1) is 29.7. The van der Waals surface area contributed by atoms with Crippen LogP contribution in [0, 0.1) is 0 Å². The fourth-order valence-corrected chi connectivity index (χ4v) is 7.06. The van der Waals surface area contributed by atoms with Crippen LogP contribution in [0.1, 0.15) is 101 Å². The lowest BCUT2D eigenvalue weighted by Crippen LogP contribution is -2.40. The summed E-state index contributed by atoms with van der Waals surface area (Å²) in [4.78, 5) is 20.6. The lowest BCUT2D eigenvalue weighted by atomic mass is 9.86. The van der Waals surface area contributed by atoms with E-state index in [1.165, 1.54) is 22.9 Å². The monoisotopic (exact) mass is 636 g/mol. The molecule has 0 atom stereocenters. The smallest absolute Gasteiger partial charge is 0.407 e. The summed E-state index contributed by atoms with van der Waals surface area (Å²) >= 11 is 10.4. The van der Waals surface area contributed by atoms with Crippen LogP contribution in [0.4, 0.5) is 4.79 Å². The summed E-state index contributed by atoms with van der Waals surface area (Å²) in [5.41, 5.74) is 5.42. The Hall–Kier alpha value is -0.550. The van der Waals surface area contributed by atoms with Gasteiger partial charge in [0.25, 0.3) is 0 Å². The third-order valence-corrected chi connectivity index (χ3v) is 9.19. The van der Waals surface area contributed by atoms with E-state index < -0.39 is 5.60 Å². The number of carbonyl (C=O) groups is 1. The van der Waals surface area contributed by atoms with Crippen LogP contribution in [-0.2, 0) is 4.74 Å². The Balaban J connectivity index is 0.000000253. The summed E-state index contributed by atoms with van der Waals surface area (Å²) in [6.45, 7) is 5.64. The molecule has 0 bridgehead atoms. The van der Waals surface area contributed by atoms with Crippen molar-refractivity contribution in [2.75, 3.05) is 0 Å². The zero-order valence-electron chi connectivity index (χ0n) is 19.5. The van der Waals surface area contributed by atoms with Crippen LogP contribution in [-0.4, -0.2) is 33.7 Å². The van der Waals surface area contributed by atoms with Crippen molar-refractivity contribution in [3.63, 3.8) is 0 Å². The van der Waals surface area contributed by atoms with Gasteiger partial charge in [-0.1, -0.05) is 7.43 Å². The molecule has 2 saturated carbocycles. The highest BCUT2D eigenvalue weighted by atomic mass is 79.9. The molecule has 0 spiro atoms. The van der Waals surface area contributed by atoms with Gasteiger partial charge in [-0.15, -0.1) is 22.7 Å². The summed E-state index contributed by atoms with van der Waals surface area (Å²) in [6.07, 6.45) is 12.3. The van der Waals surface area contributed by atoms with E-state index in [0.717, 1.165) is 46.1 Å². The molecule has 2 heterocycles. The molecule has 1 amide bonds. The molecule has 0 aromatic carbocycles. The fourth-order valence-electron chi connectivity index (χ4n) is 4.24. The molecular formula is C24H38Br2N4O2S2. The molecular weight excluding hydrogens is 600 g/mol. The van der Waals surface area contributed by atoms with Crippen LogP contribution < -0.4 is 11.1 Å². The molecule has 2 aromatic rings. The number of rotatable bonds is 3. The number of aromatic nitrogens is 2. The Kier molecular flexibility index (Phi) is 11.9. The standard InChI is InChI=1S/C14H21BrN2O2S.C9H13BrN2S.CH4/c1-14(2,3)19-13(18)17-10-6-4-9(5-7-10)12-16-8-11(15)20-12;10-8-5-12-9(13-8)6-1-3-7(11)4-2-6;/h8-10H,4-7H2,1-3H3,(H,17,18);5-7H,1-4,11H2;1H4. The van der Waals surface area contributed by atoms with Crippen LogP contribution in [0.25, 0.3) is 0 Å². The van der Waals surface area contributed by atoms with Gasteiger partial charge in [-0.3, -0.25) is 0 Å². The number of halogens is 2. The number of thiazole rings is 2. The van der Waals surface area contributed by atoms with Gasteiger partial charge in [0.15, 0.2) is 0 Å². The zero-order valence-corrected chi connectivity index (χ0v) is 24.3. The number of amides is 1. The number of hydrogen-bond acceptors (Lipinski definition) is 7. The molecule has 0 saturated heterocycles. The molecule has 2 aromatic heterocycles. The molecule has 10 heteroatoms. The van der Waals surface area contributed by atoms with Crippen molar-refractivity contribution in [3.8, 4) is 0 Å². The first-order chi connectivity index (χ1) is 15.6. The predicted molar refractivity (Wildman–Crippen MR) is 150 cm³/mol. The van der Waals surface area contributed by atoms with Crippen molar-refractivity contribution in [1.82, 2.24) is 15.3 Å². The summed E-state index contributed by atoms with van der Waals surface area (Å²) in [5.74, 6) is 1.19. The van der Waals surface area contributed by atoms with Crippen LogP contribution in [0.2, 0.25) is 0 Å². The highest BCUT2D eigenvalue weighted by molar-refractivity contribution is 9.11. The number of nitrogens with one attached hydrogen (secondary N) is 1. The summed E-state index contributed by atoms with van der Waals surface area (Å²) in [6, 6.07) is 0.657. The van der Waals surface area contributed by atoms with E-state index in [-0.39, 0.29) is 19.6 Å². The van der Waals surface area contributed by atoms with Gasteiger partial charge in [0, 0.05) is 23.9 Å². The first-order valence-electron chi connectivity index (χ1n) is 11.6. The molecule has 2 aliphatic rings. The largest absolute Gasteiger partial charge is 0.444 e. The van der Waals surface area contributed by atoms with Crippen LogP contribution in [0.15, 0.2) is 20.0 Å². The normalized spacial score (nSPS) is 24.9. The minimum absolute atomic E-state index is 0. The Labute approximate surface area is 229 Å². The average Bonchev–Trinajstić information content (AvgIpc) is 3.37. The van der Waals surface area contributed by atoms with Gasteiger partial charge in [0.2, 0.25) is 0 Å². The third-order valence-electron chi connectivity index (χ3n) is 5.91. The van der Waals surface area contributed by atoms with Gasteiger partial charge in [-0.2, -0.15) is 0 Å². The van der Waals surface area contributed by atoms with Crippen molar-refractivity contribution >= 4 is 60.6 Å². The molecule has 2 aliphatic carbocycles. The van der Waals surface area contributed by atoms with Crippen molar-refractivity contribution in [2.24, 2.45) is 5.73 Å². The van der Waals surface area contributed by atoms with E-state index in [0.29, 0.717) is 17.9 Å². The number of ether oxygens (including phenoxy) is 1. The second kappa shape index (κ2) is 13.7. The molecule has 2 fully saturated rings. The summed E-state index contributed by atoms with van der Waals surface area (Å²) < 4.78 is 7.51. The van der Waals surface area contributed by atoms with Crippen LogP contribution >= 0.6 is 54.5 Å². The zero-order chi connectivity index (χ0) is 24.0. The Morgan fingerprint density at radius 3 is 1.76 bits per heavy atom. The van der Waals surface area contributed by atoms with E-state index >= 15 is 0 Å². The molecule has 6 nitrogen and oxygen atoms in total. The SMILES string of the molecule is C.CC(C)(C)OC(=O)NC1CCC(c2ncc(Br)s2)CC1.NC1CCC(c2ncc(Br)s2)CC1. The van der Waals surface area contributed by atoms with Crippen molar-refractivity contribution in [3.05, 3.63) is 30.0 Å². The van der Waals surface area contributed by atoms with E-state index in [2.05, 4.69) is 47.1 Å². The maximum atomic E-state index is 11.7. The van der Waals surface area contributed by atoms with Gasteiger partial charge in [0.05, 0.1) is 30.0 Å². The lowest BCUT2D eigenvalue weighted by Gasteiger charge is -2.29. The quantitative estimate of drug-likeness (QED) is 0.356. The minimum Gasteiger partial charge on any atom is -0.444 e. The van der Waals surface area contributed by atoms with Crippen molar-refractivity contribution in [1.29, 1.82) is 0 Å². The Morgan fingerprint density at radius 2 is 1.38 bits per heavy atom. The van der Waals surface area contributed by atoms with Gasteiger partial charge in [-0.05, 0) is 104 Å². The van der Waals surface area contributed by atoms with Crippen LogP contribution in [0.5, 0.6) is 0 Å². The summed E-state index contributed by atoms with van der Waals surface area (Å²) in [7, 11) is 0. The van der Waals surface area contributed by atoms with Gasteiger partial charge in [0.1, 0.15) is 5.60 Å². The fraction of sp³-hybridized carbons (Fsp3) is 0.708. The molecule has 0 unspecified atom stereocenters. The maximum Gasteiger partial charge on any atom is 0.407 e. The van der Waals surface area contributed by atoms with Crippen molar-refractivity contribution < 1.29 is 9.53 Å². The number of carbonyl (C=O) groups excluding carboxylic acids is 1. The number of nitrogens with zero attached hydrogens (tertiary/aromatic N) is 2. The molecule has 3 N–H and O–H groups in total. The first-order valence-corrected chi connectivity index (χ1v) is 14.8. The second-order valence-corrected chi connectivity index (χ2v) is 14.7. The highest BCUT2D eigenvalue weighted by Gasteiger charge is 2.27. The van der Waals surface area contributed by atoms with E-state index in [1.54, 1.807) is 22.7 Å². The highest BCUT2D eigenvalue weighted by Crippen LogP contribution is 2.37. The van der Waals surface area contributed by atoms with Crippen LogP contribution in [0.3, 0.4) is 0 Å². The van der Waals surface area contributed by atoms with E-state index in [9.17, 15) is 4.79 Å². The van der Waals surface area contributed by atoms with Gasteiger partial charge in [-0.25, -0.2) is 14.8 Å². The maximum absolute atomic E-state index is 11.7.